The van der Waals surface area contributed by atoms with Crippen LogP contribution in [0, 0.1) is 0 Å². The number of hydrogen-bond acceptors (Lipinski definition) is 5. The number of rotatable bonds is 44. The molecule has 0 spiro atoms. The molecule has 0 aromatic heterocycles. The minimum Gasteiger partial charge on any atom is -0.394 e. The maximum Gasteiger partial charge on any atom is 0.249 e. The van der Waals surface area contributed by atoms with Crippen molar-refractivity contribution in [2.75, 3.05) is 6.61 Å². The van der Waals surface area contributed by atoms with Crippen molar-refractivity contribution >= 4 is 5.91 Å². The van der Waals surface area contributed by atoms with Crippen LogP contribution in [0.5, 0.6) is 0 Å². The van der Waals surface area contributed by atoms with Crippen molar-refractivity contribution in [2.45, 2.75) is 263 Å². The van der Waals surface area contributed by atoms with Crippen LogP contribution in [-0.4, -0.2) is 57.3 Å². The molecule has 0 saturated heterocycles. The quantitative estimate of drug-likeness (QED) is 0.0311. The third kappa shape index (κ3) is 39.5. The summed E-state index contributed by atoms with van der Waals surface area (Å²) in [6.45, 7) is 4.04. The summed E-state index contributed by atoms with van der Waals surface area (Å²) in [4.78, 5) is 12.5. The van der Waals surface area contributed by atoms with Gasteiger partial charge in [0.05, 0.1) is 18.8 Å². The first kappa shape index (κ1) is 55.3. The molecule has 0 saturated carbocycles. The van der Waals surface area contributed by atoms with Gasteiger partial charge in [-0.3, -0.25) is 4.79 Å². The predicted octanol–water partition coefficient (Wildman–Crippen LogP) is 13.5. The first-order chi connectivity index (χ1) is 28.0. The number of carbonyl (C=O) groups excluding carboxylic acids is 1. The van der Waals surface area contributed by atoms with Crippen LogP contribution >= 0.6 is 0 Å². The molecule has 1 amide bonds. The van der Waals surface area contributed by atoms with E-state index in [-0.39, 0.29) is 0 Å². The fraction of sp³-hybridized carbons (Fsp3) is 0.824. The van der Waals surface area contributed by atoms with Gasteiger partial charge >= 0.3 is 0 Å². The Labute approximate surface area is 353 Å². The topological polar surface area (TPSA) is 110 Å². The van der Waals surface area contributed by atoms with Crippen LogP contribution in [0.4, 0.5) is 0 Å². The first-order valence-corrected chi connectivity index (χ1v) is 24.5. The van der Waals surface area contributed by atoms with Gasteiger partial charge in [0.1, 0.15) is 12.2 Å². The monoisotopic (exact) mass is 802 g/mol. The van der Waals surface area contributed by atoms with Crippen LogP contribution in [0.15, 0.2) is 48.6 Å². The Morgan fingerprint density at radius 3 is 1.11 bits per heavy atom. The van der Waals surface area contributed by atoms with Crippen LogP contribution in [-0.2, 0) is 4.79 Å². The molecule has 4 atom stereocenters. The van der Waals surface area contributed by atoms with E-state index in [0.29, 0.717) is 19.3 Å². The fourth-order valence-corrected chi connectivity index (χ4v) is 7.31. The summed E-state index contributed by atoms with van der Waals surface area (Å²) < 4.78 is 0. The molecule has 0 aromatic rings. The van der Waals surface area contributed by atoms with Gasteiger partial charge < -0.3 is 25.7 Å². The van der Waals surface area contributed by atoms with Crippen LogP contribution in [0.2, 0.25) is 0 Å². The highest BCUT2D eigenvalue weighted by molar-refractivity contribution is 5.80. The molecular formula is C51H95NO5. The summed E-state index contributed by atoms with van der Waals surface area (Å²) in [5.74, 6) is -0.604. The average molecular weight is 802 g/mol. The molecule has 0 aliphatic heterocycles. The molecule has 6 nitrogen and oxygen atoms in total. The molecule has 0 heterocycles. The van der Waals surface area contributed by atoms with Crippen LogP contribution < -0.4 is 5.32 Å². The highest BCUT2D eigenvalue weighted by Gasteiger charge is 2.28. The van der Waals surface area contributed by atoms with Crippen molar-refractivity contribution in [2.24, 2.45) is 0 Å². The molecule has 0 aliphatic carbocycles. The second-order valence-corrected chi connectivity index (χ2v) is 16.8. The second-order valence-electron chi connectivity index (χ2n) is 16.8. The number of aliphatic hydroxyl groups is 4. The van der Waals surface area contributed by atoms with Gasteiger partial charge in [-0.05, 0) is 89.9 Å². The van der Waals surface area contributed by atoms with E-state index in [1.807, 2.05) is 0 Å². The highest BCUT2D eigenvalue weighted by Crippen LogP contribution is 2.15. The van der Waals surface area contributed by atoms with Gasteiger partial charge in [-0.15, -0.1) is 0 Å². The average Bonchev–Trinajstić information content (AvgIpc) is 3.22. The van der Waals surface area contributed by atoms with E-state index >= 15 is 0 Å². The van der Waals surface area contributed by atoms with E-state index in [9.17, 15) is 25.2 Å². The van der Waals surface area contributed by atoms with Crippen molar-refractivity contribution in [3.63, 3.8) is 0 Å². The highest BCUT2D eigenvalue weighted by atomic mass is 16.3. The van der Waals surface area contributed by atoms with Gasteiger partial charge in [-0.25, -0.2) is 0 Å². The van der Waals surface area contributed by atoms with E-state index in [1.54, 1.807) is 0 Å². The van der Waals surface area contributed by atoms with Gasteiger partial charge in [0, 0.05) is 0 Å². The minimum atomic E-state index is -1.30. The summed E-state index contributed by atoms with van der Waals surface area (Å²) in [6.07, 6.45) is 55.8. The second kappa shape index (κ2) is 45.4. The Bertz CT molecular complexity index is 946. The molecule has 0 radical (unpaired) electrons. The standard InChI is InChI=1S/C51H95NO5/c1-3-5-7-9-11-13-15-17-19-21-23-24-25-27-28-30-32-34-36-38-40-42-44-48(54)50(56)47(46-53)52-51(57)49(55)45-43-41-39-37-35-33-31-29-26-22-20-18-16-14-12-10-8-6-4-2/h23-24,26,28-30,36,38,47-50,53-56H,3-22,25,27,31-35,37,39-46H2,1-2H3,(H,52,57)/b24-23+,29-26-,30-28+,38-36+. The smallest absolute Gasteiger partial charge is 0.249 e. The molecule has 0 fully saturated rings. The number of amides is 1. The van der Waals surface area contributed by atoms with E-state index in [4.69, 9.17) is 0 Å². The first-order valence-electron chi connectivity index (χ1n) is 24.5. The zero-order valence-electron chi connectivity index (χ0n) is 37.6. The summed E-state index contributed by atoms with van der Waals surface area (Å²) in [7, 11) is 0. The number of hydrogen-bond donors (Lipinski definition) is 5. The zero-order chi connectivity index (χ0) is 41.7. The van der Waals surface area contributed by atoms with Gasteiger partial charge in [-0.1, -0.05) is 197 Å². The number of carbonyl (C=O) groups is 1. The number of unbranched alkanes of at least 4 members (excludes halogenated alkanes) is 27. The SMILES string of the molecule is CCCCCCCCCCC/C=C\CCCCCCCCC(O)C(=O)NC(CO)C(O)C(O)CCC/C=C/CC/C=C/CC/C=C/CCCCCCCCCCC. The molecule has 0 aliphatic rings. The molecule has 5 N–H and O–H groups in total. The van der Waals surface area contributed by atoms with Gasteiger partial charge in [-0.2, -0.15) is 0 Å². The van der Waals surface area contributed by atoms with Gasteiger partial charge in [0.25, 0.3) is 0 Å². The summed E-state index contributed by atoms with van der Waals surface area (Å²) in [6, 6.07) is -1.01. The van der Waals surface area contributed by atoms with E-state index < -0.39 is 36.9 Å². The third-order valence-electron chi connectivity index (χ3n) is 11.2. The van der Waals surface area contributed by atoms with E-state index in [2.05, 4.69) is 67.8 Å². The Balaban J connectivity index is 3.80. The van der Waals surface area contributed by atoms with Crippen molar-refractivity contribution in [3.05, 3.63) is 48.6 Å². The Kier molecular flexibility index (Phi) is 44.0. The lowest BCUT2D eigenvalue weighted by molar-refractivity contribution is -0.132. The van der Waals surface area contributed by atoms with Crippen LogP contribution in [0.3, 0.4) is 0 Å². The largest absolute Gasteiger partial charge is 0.394 e. The minimum absolute atomic E-state index is 0.350. The molecule has 57 heavy (non-hydrogen) atoms. The lowest BCUT2D eigenvalue weighted by atomic mass is 10.00. The number of allylic oxidation sites excluding steroid dienone is 8. The summed E-state index contributed by atoms with van der Waals surface area (Å²) in [5.41, 5.74) is 0. The Hall–Kier alpha value is -1.73. The Morgan fingerprint density at radius 2 is 0.737 bits per heavy atom. The van der Waals surface area contributed by atoms with Crippen LogP contribution in [0.1, 0.15) is 239 Å². The van der Waals surface area contributed by atoms with Crippen molar-refractivity contribution < 1.29 is 25.2 Å². The molecule has 6 heteroatoms. The normalized spacial score (nSPS) is 14.4. The predicted molar refractivity (Wildman–Crippen MR) is 247 cm³/mol. The molecule has 0 rings (SSSR count). The number of aliphatic hydroxyl groups excluding tert-OH is 4. The Morgan fingerprint density at radius 1 is 0.421 bits per heavy atom. The lowest BCUT2D eigenvalue weighted by Crippen LogP contribution is -2.53. The van der Waals surface area contributed by atoms with Crippen molar-refractivity contribution in [3.8, 4) is 0 Å². The van der Waals surface area contributed by atoms with Crippen molar-refractivity contribution in [1.29, 1.82) is 0 Å². The molecule has 0 bridgehead atoms. The fourth-order valence-electron chi connectivity index (χ4n) is 7.31. The lowest BCUT2D eigenvalue weighted by Gasteiger charge is -2.27. The maximum atomic E-state index is 12.5. The van der Waals surface area contributed by atoms with Gasteiger partial charge in [0.2, 0.25) is 5.91 Å². The van der Waals surface area contributed by atoms with E-state index in [1.165, 1.54) is 141 Å². The number of nitrogens with one attached hydrogen (secondary N) is 1. The summed E-state index contributed by atoms with van der Waals surface area (Å²) >= 11 is 0. The van der Waals surface area contributed by atoms with E-state index in [0.717, 1.165) is 64.2 Å². The van der Waals surface area contributed by atoms with Gasteiger partial charge in [0.15, 0.2) is 0 Å². The third-order valence-corrected chi connectivity index (χ3v) is 11.2. The van der Waals surface area contributed by atoms with Crippen molar-refractivity contribution in [1.82, 2.24) is 5.32 Å². The summed E-state index contributed by atoms with van der Waals surface area (Å²) in [5, 5.41) is 43.8. The zero-order valence-corrected chi connectivity index (χ0v) is 37.6. The molecular weight excluding hydrogens is 707 g/mol. The molecule has 4 unspecified atom stereocenters. The molecule has 334 valence electrons. The molecule has 0 aromatic carbocycles. The van der Waals surface area contributed by atoms with Crippen LogP contribution in [0.25, 0.3) is 0 Å². The maximum absolute atomic E-state index is 12.5.